The average Bonchev–Trinajstić information content (AvgIpc) is 2.33. The fourth-order valence-electron chi connectivity index (χ4n) is 1.76. The van der Waals surface area contributed by atoms with Crippen LogP contribution in [-0.4, -0.2) is 4.98 Å². The predicted octanol–water partition coefficient (Wildman–Crippen LogP) is 4.05. The number of benzene rings is 1. The van der Waals surface area contributed by atoms with E-state index in [1.54, 1.807) is 12.3 Å². The maximum absolute atomic E-state index is 13.2. The molecule has 0 radical (unpaired) electrons. The molecule has 1 atom stereocenters. The van der Waals surface area contributed by atoms with Gasteiger partial charge in [0.15, 0.2) is 0 Å². The standard InChI is InChI=1S/C14H13ClFN/c1-10-5-6-11(16)8-13(10)14(15)9-12-4-2-3-7-17-12/h2-8,14H,9H2,1H3. The summed E-state index contributed by atoms with van der Waals surface area (Å²) in [7, 11) is 0. The van der Waals surface area contributed by atoms with Gasteiger partial charge in [0.05, 0.1) is 5.38 Å². The molecule has 0 aliphatic rings. The first-order valence-corrected chi connectivity index (χ1v) is 5.90. The Bertz CT molecular complexity index is 499. The molecule has 1 aromatic carbocycles. The fourth-order valence-corrected chi connectivity index (χ4v) is 2.15. The number of aryl methyl sites for hydroxylation is 1. The van der Waals surface area contributed by atoms with Gasteiger partial charge in [0, 0.05) is 18.3 Å². The van der Waals surface area contributed by atoms with Crippen LogP contribution in [0.2, 0.25) is 0 Å². The molecule has 0 aliphatic carbocycles. The van der Waals surface area contributed by atoms with Gasteiger partial charge in [0.2, 0.25) is 0 Å². The van der Waals surface area contributed by atoms with E-state index in [1.807, 2.05) is 25.1 Å². The lowest BCUT2D eigenvalue weighted by Crippen LogP contribution is -2.00. The molecule has 2 rings (SSSR count). The maximum Gasteiger partial charge on any atom is 0.123 e. The van der Waals surface area contributed by atoms with Gasteiger partial charge < -0.3 is 0 Å². The third-order valence-electron chi connectivity index (χ3n) is 2.69. The van der Waals surface area contributed by atoms with Crippen LogP contribution in [-0.2, 0) is 6.42 Å². The summed E-state index contributed by atoms with van der Waals surface area (Å²) in [4.78, 5) is 4.22. The van der Waals surface area contributed by atoms with Gasteiger partial charge in [-0.3, -0.25) is 4.98 Å². The summed E-state index contributed by atoms with van der Waals surface area (Å²) in [6.45, 7) is 1.93. The molecular formula is C14H13ClFN. The van der Waals surface area contributed by atoms with Crippen molar-refractivity contribution in [3.05, 3.63) is 65.2 Å². The van der Waals surface area contributed by atoms with Crippen LogP contribution < -0.4 is 0 Å². The Morgan fingerprint density at radius 2 is 2.12 bits per heavy atom. The molecule has 88 valence electrons. The monoisotopic (exact) mass is 249 g/mol. The third-order valence-corrected chi connectivity index (χ3v) is 3.08. The zero-order valence-corrected chi connectivity index (χ0v) is 10.3. The maximum atomic E-state index is 13.2. The Kier molecular flexibility index (Phi) is 3.75. The van der Waals surface area contributed by atoms with Gasteiger partial charge >= 0.3 is 0 Å². The summed E-state index contributed by atoms with van der Waals surface area (Å²) in [6, 6.07) is 10.4. The Morgan fingerprint density at radius 1 is 1.29 bits per heavy atom. The first kappa shape index (κ1) is 12.1. The van der Waals surface area contributed by atoms with E-state index < -0.39 is 0 Å². The van der Waals surface area contributed by atoms with Crippen molar-refractivity contribution in [1.82, 2.24) is 4.98 Å². The number of halogens is 2. The number of alkyl halides is 1. The van der Waals surface area contributed by atoms with Crippen molar-refractivity contribution in [2.75, 3.05) is 0 Å². The molecule has 0 bridgehead atoms. The molecule has 0 aliphatic heterocycles. The molecule has 0 saturated carbocycles. The highest BCUT2D eigenvalue weighted by atomic mass is 35.5. The number of nitrogens with zero attached hydrogens (tertiary/aromatic N) is 1. The Hall–Kier alpha value is -1.41. The van der Waals surface area contributed by atoms with Crippen LogP contribution in [0.15, 0.2) is 42.6 Å². The predicted molar refractivity (Wildman–Crippen MR) is 67.7 cm³/mol. The molecule has 1 unspecified atom stereocenters. The van der Waals surface area contributed by atoms with Crippen LogP contribution in [0.4, 0.5) is 4.39 Å². The summed E-state index contributed by atoms with van der Waals surface area (Å²) in [5.41, 5.74) is 2.75. The van der Waals surface area contributed by atoms with Gasteiger partial charge in [-0.05, 0) is 42.3 Å². The summed E-state index contributed by atoms with van der Waals surface area (Å²) in [5, 5.41) is -0.249. The van der Waals surface area contributed by atoms with Gasteiger partial charge in [-0.2, -0.15) is 0 Å². The Balaban J connectivity index is 2.20. The van der Waals surface area contributed by atoms with Crippen LogP contribution in [0.5, 0.6) is 0 Å². The van der Waals surface area contributed by atoms with Gasteiger partial charge in [-0.25, -0.2) is 4.39 Å². The molecular weight excluding hydrogens is 237 g/mol. The summed E-state index contributed by atoms with van der Waals surface area (Å²) < 4.78 is 13.2. The quantitative estimate of drug-likeness (QED) is 0.748. The van der Waals surface area contributed by atoms with Crippen LogP contribution in [0.1, 0.15) is 22.2 Å². The van der Waals surface area contributed by atoms with E-state index in [0.717, 1.165) is 16.8 Å². The van der Waals surface area contributed by atoms with Gasteiger partial charge in [-0.1, -0.05) is 12.1 Å². The van der Waals surface area contributed by atoms with Gasteiger partial charge in [0.25, 0.3) is 0 Å². The number of hydrogen-bond acceptors (Lipinski definition) is 1. The molecule has 17 heavy (non-hydrogen) atoms. The van der Waals surface area contributed by atoms with Crippen LogP contribution in [0.3, 0.4) is 0 Å². The molecule has 0 amide bonds. The normalized spacial score (nSPS) is 12.4. The van der Waals surface area contributed by atoms with E-state index in [-0.39, 0.29) is 11.2 Å². The highest BCUT2D eigenvalue weighted by molar-refractivity contribution is 6.21. The lowest BCUT2D eigenvalue weighted by molar-refractivity contribution is 0.624. The number of rotatable bonds is 3. The topological polar surface area (TPSA) is 12.9 Å². The lowest BCUT2D eigenvalue weighted by Gasteiger charge is -2.12. The molecule has 0 saturated heterocycles. The first-order chi connectivity index (χ1) is 8.16. The van der Waals surface area contributed by atoms with Gasteiger partial charge in [-0.15, -0.1) is 11.6 Å². The van der Waals surface area contributed by atoms with Crippen molar-refractivity contribution in [2.45, 2.75) is 18.7 Å². The second-order valence-electron chi connectivity index (χ2n) is 3.99. The molecule has 0 N–H and O–H groups in total. The average molecular weight is 250 g/mol. The zero-order valence-electron chi connectivity index (χ0n) is 9.53. The van der Waals surface area contributed by atoms with Crippen molar-refractivity contribution in [3.8, 4) is 0 Å². The van der Waals surface area contributed by atoms with E-state index in [9.17, 15) is 4.39 Å². The second-order valence-corrected chi connectivity index (χ2v) is 4.52. The minimum atomic E-state index is -0.253. The first-order valence-electron chi connectivity index (χ1n) is 5.47. The van der Waals surface area contributed by atoms with Crippen LogP contribution >= 0.6 is 11.6 Å². The largest absolute Gasteiger partial charge is 0.261 e. The Labute approximate surface area is 105 Å². The van der Waals surface area contributed by atoms with Crippen LogP contribution in [0.25, 0.3) is 0 Å². The van der Waals surface area contributed by atoms with Crippen molar-refractivity contribution >= 4 is 11.6 Å². The molecule has 2 aromatic rings. The summed E-state index contributed by atoms with van der Waals surface area (Å²) >= 11 is 6.31. The molecule has 1 nitrogen and oxygen atoms in total. The lowest BCUT2D eigenvalue weighted by atomic mass is 10.0. The second kappa shape index (κ2) is 5.28. The molecule has 0 fully saturated rings. The molecule has 1 aromatic heterocycles. The van der Waals surface area contributed by atoms with Crippen molar-refractivity contribution in [2.24, 2.45) is 0 Å². The van der Waals surface area contributed by atoms with E-state index in [4.69, 9.17) is 11.6 Å². The third kappa shape index (κ3) is 3.04. The van der Waals surface area contributed by atoms with Crippen LogP contribution in [0, 0.1) is 12.7 Å². The minimum Gasteiger partial charge on any atom is -0.261 e. The number of pyridine rings is 1. The van der Waals surface area contributed by atoms with E-state index in [0.29, 0.717) is 6.42 Å². The van der Waals surface area contributed by atoms with Crippen molar-refractivity contribution in [3.63, 3.8) is 0 Å². The van der Waals surface area contributed by atoms with E-state index in [2.05, 4.69) is 4.98 Å². The highest BCUT2D eigenvalue weighted by Gasteiger charge is 2.12. The highest BCUT2D eigenvalue weighted by Crippen LogP contribution is 2.27. The molecule has 1 heterocycles. The van der Waals surface area contributed by atoms with E-state index in [1.165, 1.54) is 12.1 Å². The van der Waals surface area contributed by atoms with Crippen molar-refractivity contribution < 1.29 is 4.39 Å². The summed E-state index contributed by atoms with van der Waals surface area (Å²) in [5.74, 6) is -0.253. The number of aromatic nitrogens is 1. The van der Waals surface area contributed by atoms with E-state index >= 15 is 0 Å². The van der Waals surface area contributed by atoms with Crippen molar-refractivity contribution in [1.29, 1.82) is 0 Å². The smallest absolute Gasteiger partial charge is 0.123 e. The minimum absolute atomic E-state index is 0.249. The number of hydrogen-bond donors (Lipinski definition) is 0. The molecule has 3 heteroatoms. The van der Waals surface area contributed by atoms with Gasteiger partial charge in [0.1, 0.15) is 5.82 Å². The summed E-state index contributed by atoms with van der Waals surface area (Å²) in [6.07, 6.45) is 2.34. The Morgan fingerprint density at radius 3 is 2.82 bits per heavy atom. The molecule has 0 spiro atoms. The SMILES string of the molecule is Cc1ccc(F)cc1C(Cl)Cc1ccccn1. The fraction of sp³-hybridized carbons (Fsp3) is 0.214. The zero-order chi connectivity index (χ0) is 12.3.